The van der Waals surface area contributed by atoms with E-state index < -0.39 is 28.5 Å². The molecule has 2 aromatic carbocycles. The maximum Gasteiger partial charge on any atom is 0.338 e. The first kappa shape index (κ1) is 24.4. The molecule has 0 aliphatic carbocycles. The lowest BCUT2D eigenvalue weighted by atomic mass is 10.0. The van der Waals surface area contributed by atoms with Gasteiger partial charge in [-0.25, -0.2) is 13.2 Å². The van der Waals surface area contributed by atoms with Crippen LogP contribution in [0.5, 0.6) is 0 Å². The molecule has 1 fully saturated rings. The Morgan fingerprint density at radius 1 is 1.15 bits per heavy atom. The van der Waals surface area contributed by atoms with Gasteiger partial charge in [-0.3, -0.25) is 14.5 Å². The summed E-state index contributed by atoms with van der Waals surface area (Å²) < 4.78 is 33.2. The Kier molecular flexibility index (Phi) is 7.06. The van der Waals surface area contributed by atoms with E-state index in [9.17, 15) is 22.8 Å². The van der Waals surface area contributed by atoms with Gasteiger partial charge in [-0.15, -0.1) is 0 Å². The first-order valence-electron chi connectivity index (χ1n) is 10.8. The number of carbonyl (C=O) groups excluding carboxylic acids is 3. The van der Waals surface area contributed by atoms with Gasteiger partial charge in [0.25, 0.3) is 5.91 Å². The van der Waals surface area contributed by atoms with Crippen LogP contribution in [0.2, 0.25) is 0 Å². The molecule has 2 aromatic rings. The Morgan fingerprint density at radius 3 is 2.59 bits per heavy atom. The number of ether oxygens (including phenoxy) is 1. The lowest BCUT2D eigenvalue weighted by molar-refractivity contribution is -0.124. The van der Waals surface area contributed by atoms with Crippen LogP contribution in [-0.2, 0) is 24.3 Å². The van der Waals surface area contributed by atoms with E-state index in [0.717, 1.165) is 12.8 Å². The lowest BCUT2D eigenvalue weighted by Gasteiger charge is -2.29. The number of rotatable bonds is 5. The summed E-state index contributed by atoms with van der Waals surface area (Å²) in [5, 5.41) is 2.68. The Labute approximate surface area is 206 Å². The third-order valence-electron chi connectivity index (χ3n) is 5.89. The second-order valence-corrected chi connectivity index (χ2v) is 11.2. The molecule has 0 spiro atoms. The zero-order valence-corrected chi connectivity index (χ0v) is 20.9. The average Bonchev–Trinajstić information content (AvgIpc) is 2.81. The van der Waals surface area contributed by atoms with Crippen molar-refractivity contribution in [3.8, 4) is 0 Å². The summed E-state index contributed by atoms with van der Waals surface area (Å²) in [7, 11) is -3.78. The minimum Gasteiger partial charge on any atom is -0.452 e. The van der Waals surface area contributed by atoms with Crippen molar-refractivity contribution in [3.05, 3.63) is 52.5 Å². The molecule has 0 atom stereocenters. The molecular weight excluding hydrogens is 526 g/mol. The zero-order chi connectivity index (χ0) is 24.5. The predicted octanol–water partition coefficient (Wildman–Crippen LogP) is 3.01. The largest absolute Gasteiger partial charge is 0.452 e. The van der Waals surface area contributed by atoms with E-state index in [0.29, 0.717) is 34.9 Å². The van der Waals surface area contributed by atoms with Crippen LogP contribution in [0.4, 0.5) is 11.4 Å². The van der Waals surface area contributed by atoms with E-state index in [1.165, 1.54) is 27.4 Å². The van der Waals surface area contributed by atoms with Crippen LogP contribution in [0.25, 0.3) is 0 Å². The normalized spacial score (nSPS) is 17.1. The predicted molar refractivity (Wildman–Crippen MR) is 129 cm³/mol. The summed E-state index contributed by atoms with van der Waals surface area (Å²) in [6.07, 6.45) is 1.56. The van der Waals surface area contributed by atoms with Gasteiger partial charge in [-0.2, -0.15) is 4.31 Å². The van der Waals surface area contributed by atoms with Crippen molar-refractivity contribution >= 4 is 55.1 Å². The fourth-order valence-electron chi connectivity index (χ4n) is 3.95. The number of nitrogens with one attached hydrogen (secondary N) is 1. The van der Waals surface area contributed by atoms with Gasteiger partial charge in [0.05, 0.1) is 21.8 Å². The number of amides is 2. The Morgan fingerprint density at radius 2 is 1.85 bits per heavy atom. The van der Waals surface area contributed by atoms with Gasteiger partial charge in [0.1, 0.15) is 6.54 Å². The van der Waals surface area contributed by atoms with Crippen LogP contribution >= 0.6 is 15.9 Å². The number of anilines is 2. The molecule has 34 heavy (non-hydrogen) atoms. The maximum atomic E-state index is 13.1. The number of hydrogen-bond acceptors (Lipinski definition) is 6. The molecule has 2 heterocycles. The number of benzene rings is 2. The molecule has 2 aliphatic heterocycles. The van der Waals surface area contributed by atoms with Gasteiger partial charge in [-0.05, 0) is 49.1 Å². The van der Waals surface area contributed by atoms with E-state index >= 15 is 0 Å². The molecule has 2 aliphatic rings. The van der Waals surface area contributed by atoms with Crippen LogP contribution in [0.3, 0.4) is 0 Å². The van der Waals surface area contributed by atoms with Crippen molar-refractivity contribution in [1.82, 2.24) is 4.31 Å². The first-order chi connectivity index (χ1) is 16.1. The SMILES string of the molecule is CC1CCN(S(=O)(=O)c2cc(Br)cc(C(=O)OCC(=O)N3CC(=O)Nc4ccccc43)c2)CC1. The molecule has 9 nitrogen and oxygen atoms in total. The first-order valence-corrected chi connectivity index (χ1v) is 13.1. The summed E-state index contributed by atoms with van der Waals surface area (Å²) in [5.41, 5.74) is 1.00. The van der Waals surface area contributed by atoms with Crippen molar-refractivity contribution in [2.75, 3.05) is 36.5 Å². The third-order valence-corrected chi connectivity index (χ3v) is 8.22. The molecule has 0 aromatic heterocycles. The van der Waals surface area contributed by atoms with E-state index in [1.54, 1.807) is 24.3 Å². The van der Waals surface area contributed by atoms with Crippen LogP contribution in [0.15, 0.2) is 51.8 Å². The number of piperidine rings is 1. The Hall–Kier alpha value is -2.76. The van der Waals surface area contributed by atoms with Gasteiger partial charge < -0.3 is 10.1 Å². The molecule has 1 N–H and O–H groups in total. The van der Waals surface area contributed by atoms with Gasteiger partial charge in [0.15, 0.2) is 6.61 Å². The minimum atomic E-state index is -3.78. The standard InChI is InChI=1S/C23H24BrN3O6S/c1-15-6-8-26(9-7-15)34(31,32)18-11-16(10-17(24)12-18)23(30)33-14-22(29)27-13-21(28)25-19-4-2-3-5-20(19)27/h2-5,10-12,15H,6-9,13-14H2,1H3,(H,25,28). The topological polar surface area (TPSA) is 113 Å². The number of esters is 1. The van der Waals surface area contributed by atoms with Gasteiger partial charge in [0.2, 0.25) is 15.9 Å². The lowest BCUT2D eigenvalue weighted by Crippen LogP contribution is -2.44. The number of fused-ring (bicyclic) bond motifs is 1. The molecule has 2 amide bonds. The molecule has 180 valence electrons. The molecule has 0 radical (unpaired) electrons. The number of para-hydroxylation sites is 2. The van der Waals surface area contributed by atoms with E-state index in [4.69, 9.17) is 4.74 Å². The molecule has 0 bridgehead atoms. The highest BCUT2D eigenvalue weighted by Crippen LogP contribution is 2.29. The average molecular weight is 550 g/mol. The number of sulfonamides is 1. The molecular formula is C23H24BrN3O6S. The van der Waals surface area contributed by atoms with Crippen molar-refractivity contribution in [3.63, 3.8) is 0 Å². The smallest absolute Gasteiger partial charge is 0.338 e. The molecule has 1 saturated heterocycles. The highest BCUT2D eigenvalue weighted by molar-refractivity contribution is 9.10. The van der Waals surface area contributed by atoms with Crippen molar-refractivity contribution < 1.29 is 27.5 Å². The highest BCUT2D eigenvalue weighted by Gasteiger charge is 2.30. The number of hydrogen-bond donors (Lipinski definition) is 1. The summed E-state index contributed by atoms with van der Waals surface area (Å²) in [4.78, 5) is 38.6. The van der Waals surface area contributed by atoms with Crippen LogP contribution in [0, 0.1) is 5.92 Å². The fourth-order valence-corrected chi connectivity index (χ4v) is 6.13. The molecule has 0 saturated carbocycles. The fraction of sp³-hybridized carbons (Fsp3) is 0.348. The summed E-state index contributed by atoms with van der Waals surface area (Å²) in [6.45, 7) is 2.15. The van der Waals surface area contributed by atoms with E-state index in [-0.39, 0.29) is 22.9 Å². The third kappa shape index (κ3) is 5.16. The summed E-state index contributed by atoms with van der Waals surface area (Å²) in [5.74, 6) is -1.30. The number of carbonyl (C=O) groups is 3. The van der Waals surface area contributed by atoms with Gasteiger partial charge >= 0.3 is 5.97 Å². The van der Waals surface area contributed by atoms with Crippen molar-refractivity contribution in [2.24, 2.45) is 5.92 Å². The number of nitrogens with zero attached hydrogens (tertiary/aromatic N) is 2. The zero-order valence-electron chi connectivity index (χ0n) is 18.5. The Bertz CT molecular complexity index is 1240. The molecule has 4 rings (SSSR count). The van der Waals surface area contributed by atoms with Crippen LogP contribution < -0.4 is 10.2 Å². The second kappa shape index (κ2) is 9.85. The van der Waals surface area contributed by atoms with E-state index in [2.05, 4.69) is 28.2 Å². The Balaban J connectivity index is 1.47. The number of halogens is 1. The maximum absolute atomic E-state index is 13.1. The monoisotopic (exact) mass is 549 g/mol. The molecule has 0 unspecified atom stereocenters. The summed E-state index contributed by atoms with van der Waals surface area (Å²) in [6, 6.07) is 11.0. The minimum absolute atomic E-state index is 0.00270. The van der Waals surface area contributed by atoms with Gasteiger partial charge in [-0.1, -0.05) is 35.0 Å². The van der Waals surface area contributed by atoms with Crippen LogP contribution in [-0.4, -0.2) is 56.7 Å². The summed E-state index contributed by atoms with van der Waals surface area (Å²) >= 11 is 3.26. The highest BCUT2D eigenvalue weighted by atomic mass is 79.9. The van der Waals surface area contributed by atoms with Gasteiger partial charge in [0, 0.05) is 17.6 Å². The van der Waals surface area contributed by atoms with E-state index in [1.807, 2.05) is 0 Å². The van der Waals surface area contributed by atoms with Crippen molar-refractivity contribution in [1.29, 1.82) is 0 Å². The quantitative estimate of drug-likeness (QED) is 0.573. The van der Waals surface area contributed by atoms with Crippen molar-refractivity contribution in [2.45, 2.75) is 24.7 Å². The van der Waals surface area contributed by atoms with Crippen LogP contribution in [0.1, 0.15) is 30.1 Å². The molecule has 11 heteroatoms. The second-order valence-electron chi connectivity index (χ2n) is 8.38.